The Hall–Kier alpha value is -2.33. The van der Waals surface area contributed by atoms with E-state index in [4.69, 9.17) is 4.98 Å². The highest BCUT2D eigenvalue weighted by Gasteiger charge is 2.26. The Labute approximate surface area is 163 Å². The van der Waals surface area contributed by atoms with Crippen molar-refractivity contribution < 1.29 is 5.11 Å². The number of benzene rings is 1. The fourth-order valence-electron chi connectivity index (χ4n) is 3.53. The number of aromatic nitrogens is 1. The molecule has 1 saturated heterocycles. The summed E-state index contributed by atoms with van der Waals surface area (Å²) in [6, 6.07) is 11.0. The maximum atomic E-state index is 9.73. The van der Waals surface area contributed by atoms with Crippen LogP contribution >= 0.6 is 0 Å². The summed E-state index contributed by atoms with van der Waals surface area (Å²) in [5.74, 6) is 1.96. The summed E-state index contributed by atoms with van der Waals surface area (Å²) in [6.45, 7) is 13.6. The van der Waals surface area contributed by atoms with Gasteiger partial charge >= 0.3 is 0 Å². The standard InChI is InChI=1S/C23H31N3O/c1-5-7-11-25(10-6-2)22-13-19(21-12-17(3)8-9-18(21)4)14-23(24-22)26-15-20(27)16-26/h5,8-9,12-14,20,27H,1,6-7,10-11,15-16H2,2-4H3. The van der Waals surface area contributed by atoms with E-state index < -0.39 is 0 Å². The molecule has 2 aromatic rings. The largest absolute Gasteiger partial charge is 0.389 e. The van der Waals surface area contributed by atoms with Crippen LogP contribution in [0.15, 0.2) is 43.0 Å². The van der Waals surface area contributed by atoms with Crippen LogP contribution in [0.1, 0.15) is 30.9 Å². The fourth-order valence-corrected chi connectivity index (χ4v) is 3.53. The molecule has 1 N–H and O–H groups in total. The molecule has 0 aliphatic carbocycles. The van der Waals surface area contributed by atoms with E-state index in [1.165, 1.54) is 22.3 Å². The summed E-state index contributed by atoms with van der Waals surface area (Å²) in [7, 11) is 0. The summed E-state index contributed by atoms with van der Waals surface area (Å²) >= 11 is 0. The van der Waals surface area contributed by atoms with Gasteiger partial charge in [0.15, 0.2) is 0 Å². The Morgan fingerprint density at radius 3 is 2.67 bits per heavy atom. The van der Waals surface area contributed by atoms with E-state index >= 15 is 0 Å². The summed E-state index contributed by atoms with van der Waals surface area (Å²) in [4.78, 5) is 9.44. The van der Waals surface area contributed by atoms with E-state index in [0.717, 1.165) is 37.6 Å². The van der Waals surface area contributed by atoms with Crippen LogP contribution in [0.4, 0.5) is 11.6 Å². The summed E-state index contributed by atoms with van der Waals surface area (Å²) in [6.07, 6.45) is 3.73. The third-order valence-corrected chi connectivity index (χ3v) is 5.11. The SMILES string of the molecule is C=CCCN(CCC)c1cc(-c2cc(C)ccc2C)cc(N2CC(O)C2)n1. The first kappa shape index (κ1) is 19.4. The van der Waals surface area contributed by atoms with E-state index in [2.05, 4.69) is 67.5 Å². The fraction of sp³-hybridized carbons (Fsp3) is 0.435. The van der Waals surface area contributed by atoms with Gasteiger partial charge in [0.2, 0.25) is 0 Å². The van der Waals surface area contributed by atoms with E-state index in [1.807, 2.05) is 6.08 Å². The van der Waals surface area contributed by atoms with E-state index in [9.17, 15) is 5.11 Å². The van der Waals surface area contributed by atoms with E-state index in [0.29, 0.717) is 13.1 Å². The van der Waals surface area contributed by atoms with Gasteiger partial charge in [-0.15, -0.1) is 6.58 Å². The molecule has 0 unspecified atom stereocenters. The van der Waals surface area contributed by atoms with Crippen molar-refractivity contribution >= 4 is 11.6 Å². The molecule has 0 bridgehead atoms. The minimum atomic E-state index is -0.243. The minimum absolute atomic E-state index is 0.243. The van der Waals surface area contributed by atoms with Crippen LogP contribution in [-0.4, -0.2) is 42.4 Å². The van der Waals surface area contributed by atoms with Crippen LogP contribution in [-0.2, 0) is 0 Å². The van der Waals surface area contributed by atoms with Gasteiger partial charge in [-0.2, -0.15) is 0 Å². The van der Waals surface area contributed by atoms with Gasteiger partial charge in [-0.1, -0.05) is 36.8 Å². The first-order valence-electron chi connectivity index (χ1n) is 9.90. The van der Waals surface area contributed by atoms with E-state index in [-0.39, 0.29) is 6.10 Å². The molecule has 4 heteroatoms. The van der Waals surface area contributed by atoms with Crippen molar-refractivity contribution in [3.63, 3.8) is 0 Å². The predicted octanol–water partition coefficient (Wildman–Crippen LogP) is 4.34. The van der Waals surface area contributed by atoms with Crippen molar-refractivity contribution in [1.29, 1.82) is 0 Å². The van der Waals surface area contributed by atoms with Gasteiger partial charge in [0.25, 0.3) is 0 Å². The summed E-state index contributed by atoms with van der Waals surface area (Å²) < 4.78 is 0. The molecule has 3 rings (SSSR count). The van der Waals surface area contributed by atoms with Gasteiger partial charge in [-0.25, -0.2) is 4.98 Å². The van der Waals surface area contributed by atoms with Crippen molar-refractivity contribution in [2.75, 3.05) is 36.0 Å². The summed E-state index contributed by atoms with van der Waals surface area (Å²) in [5.41, 5.74) is 4.96. The zero-order valence-electron chi connectivity index (χ0n) is 16.8. The zero-order chi connectivity index (χ0) is 19.4. The molecule has 1 fully saturated rings. The maximum absolute atomic E-state index is 9.73. The van der Waals surface area contributed by atoms with Crippen molar-refractivity contribution in [3.05, 3.63) is 54.1 Å². The highest BCUT2D eigenvalue weighted by Crippen LogP contribution is 2.32. The lowest BCUT2D eigenvalue weighted by Crippen LogP contribution is -2.51. The monoisotopic (exact) mass is 365 g/mol. The average Bonchev–Trinajstić information content (AvgIpc) is 2.64. The summed E-state index contributed by atoms with van der Waals surface area (Å²) in [5, 5.41) is 9.73. The molecule has 1 aromatic carbocycles. The van der Waals surface area contributed by atoms with Crippen LogP contribution in [0.5, 0.6) is 0 Å². The number of β-amino-alcohol motifs (C(OH)–C–C–N with tert-alkyl or cyclic N) is 1. The van der Waals surface area contributed by atoms with Gasteiger partial charge in [0.05, 0.1) is 6.10 Å². The van der Waals surface area contributed by atoms with Crippen molar-refractivity contribution in [2.24, 2.45) is 0 Å². The maximum Gasteiger partial charge on any atom is 0.131 e. The number of aryl methyl sites for hydroxylation is 2. The Balaban J connectivity index is 2.05. The lowest BCUT2D eigenvalue weighted by Gasteiger charge is -2.37. The smallest absolute Gasteiger partial charge is 0.131 e. The number of hydrogen-bond donors (Lipinski definition) is 1. The number of anilines is 2. The lowest BCUT2D eigenvalue weighted by atomic mass is 9.98. The van der Waals surface area contributed by atoms with Crippen LogP contribution in [0.3, 0.4) is 0 Å². The molecule has 0 amide bonds. The Morgan fingerprint density at radius 2 is 2.00 bits per heavy atom. The number of rotatable bonds is 8. The molecule has 27 heavy (non-hydrogen) atoms. The van der Waals surface area contributed by atoms with Gasteiger partial charge < -0.3 is 14.9 Å². The molecule has 1 aromatic heterocycles. The second-order valence-electron chi connectivity index (χ2n) is 7.51. The molecule has 0 radical (unpaired) electrons. The molecule has 0 saturated carbocycles. The van der Waals surface area contributed by atoms with Crippen LogP contribution in [0.25, 0.3) is 11.1 Å². The second kappa shape index (κ2) is 8.57. The number of aliphatic hydroxyl groups is 1. The molecule has 144 valence electrons. The van der Waals surface area contributed by atoms with Gasteiger partial charge in [-0.05, 0) is 55.5 Å². The highest BCUT2D eigenvalue weighted by molar-refractivity contribution is 5.74. The number of pyridine rings is 1. The van der Waals surface area contributed by atoms with Crippen molar-refractivity contribution in [2.45, 2.75) is 39.7 Å². The lowest BCUT2D eigenvalue weighted by molar-refractivity contribution is 0.141. The van der Waals surface area contributed by atoms with Crippen molar-refractivity contribution in [1.82, 2.24) is 4.98 Å². The molecule has 1 aliphatic rings. The Kier molecular flexibility index (Phi) is 6.17. The molecule has 4 nitrogen and oxygen atoms in total. The van der Waals surface area contributed by atoms with Crippen LogP contribution < -0.4 is 9.80 Å². The first-order chi connectivity index (χ1) is 13.0. The van der Waals surface area contributed by atoms with E-state index in [1.54, 1.807) is 0 Å². The third-order valence-electron chi connectivity index (χ3n) is 5.11. The molecule has 1 aliphatic heterocycles. The Morgan fingerprint density at radius 1 is 1.22 bits per heavy atom. The molecular formula is C23H31N3O. The normalized spacial score (nSPS) is 14.1. The zero-order valence-corrected chi connectivity index (χ0v) is 16.8. The van der Waals surface area contributed by atoms with Gasteiger partial charge in [0, 0.05) is 26.2 Å². The second-order valence-corrected chi connectivity index (χ2v) is 7.51. The van der Waals surface area contributed by atoms with Crippen molar-refractivity contribution in [3.8, 4) is 11.1 Å². The van der Waals surface area contributed by atoms with Gasteiger partial charge in [0.1, 0.15) is 11.6 Å². The topological polar surface area (TPSA) is 39.6 Å². The number of aliphatic hydroxyl groups excluding tert-OH is 1. The van der Waals surface area contributed by atoms with Gasteiger partial charge in [-0.3, -0.25) is 0 Å². The first-order valence-corrected chi connectivity index (χ1v) is 9.90. The average molecular weight is 366 g/mol. The van der Waals surface area contributed by atoms with Crippen LogP contribution in [0.2, 0.25) is 0 Å². The molecule has 0 atom stereocenters. The minimum Gasteiger partial charge on any atom is -0.389 e. The third kappa shape index (κ3) is 4.51. The quantitative estimate of drug-likeness (QED) is 0.707. The van der Waals surface area contributed by atoms with Crippen LogP contribution in [0, 0.1) is 13.8 Å². The number of nitrogens with zero attached hydrogens (tertiary/aromatic N) is 3. The predicted molar refractivity (Wildman–Crippen MR) is 115 cm³/mol. The molecule has 2 heterocycles. The number of hydrogen-bond acceptors (Lipinski definition) is 4. The Bertz CT molecular complexity index is 796. The highest BCUT2D eigenvalue weighted by atomic mass is 16.3. The molecular weight excluding hydrogens is 334 g/mol. The molecule has 0 spiro atoms.